The number of halogens is 1. The van der Waals surface area contributed by atoms with Crippen LogP contribution < -0.4 is 0 Å². The molecule has 0 aromatic rings. The van der Waals surface area contributed by atoms with Gasteiger partial charge in [0.2, 0.25) is 0 Å². The van der Waals surface area contributed by atoms with Gasteiger partial charge in [-0.25, -0.2) is 0 Å². The second kappa shape index (κ2) is 3.38. The molecule has 0 aromatic carbocycles. The van der Waals surface area contributed by atoms with Gasteiger partial charge in [0.1, 0.15) is 0 Å². The number of alkyl halides is 1. The number of Topliss-reactive ketones (excluding diaryl/α,β-unsaturated/α-hetero) is 1. The number of carbonyl (C=O) groups excluding carboxylic acids is 1. The highest BCUT2D eigenvalue weighted by atomic mass is 35.5. The van der Waals surface area contributed by atoms with Crippen LogP contribution in [0.4, 0.5) is 0 Å². The molecule has 0 amide bonds. The minimum absolute atomic E-state index is 0.190. The van der Waals surface area contributed by atoms with Gasteiger partial charge < -0.3 is 0 Å². The van der Waals surface area contributed by atoms with Crippen molar-refractivity contribution in [3.8, 4) is 0 Å². The minimum atomic E-state index is -0.190. The summed E-state index contributed by atoms with van der Waals surface area (Å²) in [4.78, 5) is 11.0. The van der Waals surface area contributed by atoms with Crippen LogP contribution in [0.5, 0.6) is 0 Å². The normalized spacial score (nSPS) is 35.6. The molecular weight excluding hydrogens is 148 g/mol. The van der Waals surface area contributed by atoms with Gasteiger partial charge in [0.25, 0.3) is 0 Å². The topological polar surface area (TPSA) is 17.1 Å². The number of carbonyl (C=O) groups is 1. The lowest BCUT2D eigenvalue weighted by Gasteiger charge is -2.03. The molecule has 1 unspecified atom stereocenters. The summed E-state index contributed by atoms with van der Waals surface area (Å²) < 4.78 is 0. The lowest BCUT2D eigenvalue weighted by atomic mass is 10.0. The fraction of sp³-hybridized carbons (Fsp3) is 0.875. The Balaban J connectivity index is 2.46. The Bertz CT molecular complexity index is 133. The largest absolute Gasteiger partial charge is 0.298 e. The molecule has 1 aliphatic carbocycles. The average molecular weight is 161 g/mol. The Kier molecular flexibility index (Phi) is 2.72. The predicted molar refractivity (Wildman–Crippen MR) is 42.3 cm³/mol. The first kappa shape index (κ1) is 8.06. The molecule has 1 fully saturated rings. The van der Waals surface area contributed by atoms with Crippen LogP contribution in [0.2, 0.25) is 0 Å². The summed E-state index contributed by atoms with van der Waals surface area (Å²) in [6.07, 6.45) is 3.71. The standard InChI is InChI=1S/C8H13ClO/c1-6-2-4-7(9)8(10)5-3-6/h6-7H,2-5H2,1H3/t6-,7?/m1/s1. The van der Waals surface area contributed by atoms with E-state index in [0.29, 0.717) is 12.3 Å². The molecule has 0 saturated heterocycles. The third-order valence-electron chi connectivity index (χ3n) is 2.15. The molecule has 1 aliphatic rings. The number of hydrogen-bond donors (Lipinski definition) is 0. The van der Waals surface area contributed by atoms with Crippen molar-refractivity contribution in [2.75, 3.05) is 0 Å². The SMILES string of the molecule is C[C@H]1CCC(=O)C(Cl)CC1. The highest BCUT2D eigenvalue weighted by molar-refractivity contribution is 6.31. The minimum Gasteiger partial charge on any atom is -0.298 e. The zero-order valence-corrected chi connectivity index (χ0v) is 7.03. The maximum atomic E-state index is 11.0. The molecule has 0 bridgehead atoms. The van der Waals surface area contributed by atoms with Crippen LogP contribution in [0.15, 0.2) is 0 Å². The van der Waals surface area contributed by atoms with E-state index in [2.05, 4.69) is 6.92 Å². The molecule has 0 radical (unpaired) electrons. The van der Waals surface area contributed by atoms with Gasteiger partial charge in [0.05, 0.1) is 5.38 Å². The van der Waals surface area contributed by atoms with Crippen molar-refractivity contribution in [3.63, 3.8) is 0 Å². The van der Waals surface area contributed by atoms with Crippen molar-refractivity contribution in [1.82, 2.24) is 0 Å². The van der Waals surface area contributed by atoms with E-state index in [9.17, 15) is 4.79 Å². The summed E-state index contributed by atoms with van der Waals surface area (Å²) in [6, 6.07) is 0. The molecule has 2 atom stereocenters. The average Bonchev–Trinajstić information content (AvgIpc) is 2.04. The zero-order valence-electron chi connectivity index (χ0n) is 6.27. The highest BCUT2D eigenvalue weighted by Gasteiger charge is 2.20. The van der Waals surface area contributed by atoms with Crippen molar-refractivity contribution in [2.45, 2.75) is 38.0 Å². The quantitative estimate of drug-likeness (QED) is 0.393. The van der Waals surface area contributed by atoms with E-state index in [1.807, 2.05) is 0 Å². The molecule has 0 aliphatic heterocycles. The van der Waals surface area contributed by atoms with Crippen LogP contribution in [-0.4, -0.2) is 11.2 Å². The van der Waals surface area contributed by atoms with Gasteiger partial charge in [-0.3, -0.25) is 4.79 Å². The first-order chi connectivity index (χ1) is 4.70. The van der Waals surface area contributed by atoms with Gasteiger partial charge in [-0.15, -0.1) is 11.6 Å². The van der Waals surface area contributed by atoms with E-state index in [0.717, 1.165) is 19.3 Å². The fourth-order valence-corrected chi connectivity index (χ4v) is 1.52. The van der Waals surface area contributed by atoms with Crippen LogP contribution in [0.25, 0.3) is 0 Å². The van der Waals surface area contributed by atoms with Crippen molar-refractivity contribution in [1.29, 1.82) is 0 Å². The summed E-state index contributed by atoms with van der Waals surface area (Å²) in [6.45, 7) is 2.18. The third kappa shape index (κ3) is 1.98. The van der Waals surface area contributed by atoms with Crippen molar-refractivity contribution in [2.24, 2.45) is 5.92 Å². The highest BCUT2D eigenvalue weighted by Crippen LogP contribution is 2.23. The summed E-state index contributed by atoms with van der Waals surface area (Å²) in [5.41, 5.74) is 0. The molecule has 0 aromatic heterocycles. The lowest BCUT2D eigenvalue weighted by molar-refractivity contribution is -0.118. The molecule has 1 nitrogen and oxygen atoms in total. The van der Waals surface area contributed by atoms with E-state index >= 15 is 0 Å². The summed E-state index contributed by atoms with van der Waals surface area (Å²) >= 11 is 5.79. The van der Waals surface area contributed by atoms with Crippen LogP contribution in [-0.2, 0) is 4.79 Å². The Morgan fingerprint density at radius 2 is 2.10 bits per heavy atom. The number of rotatable bonds is 0. The van der Waals surface area contributed by atoms with Crippen LogP contribution in [0.1, 0.15) is 32.6 Å². The Hall–Kier alpha value is -0.0400. The van der Waals surface area contributed by atoms with Crippen LogP contribution in [0, 0.1) is 5.92 Å². The summed E-state index contributed by atoms with van der Waals surface area (Å²) in [5.74, 6) is 0.929. The monoisotopic (exact) mass is 160 g/mol. The summed E-state index contributed by atoms with van der Waals surface area (Å²) in [5, 5.41) is -0.190. The van der Waals surface area contributed by atoms with Crippen LogP contribution >= 0.6 is 11.6 Å². The smallest absolute Gasteiger partial charge is 0.150 e. The van der Waals surface area contributed by atoms with Gasteiger partial charge >= 0.3 is 0 Å². The molecule has 0 spiro atoms. The number of hydrogen-bond acceptors (Lipinski definition) is 1. The van der Waals surface area contributed by atoms with E-state index in [1.54, 1.807) is 0 Å². The van der Waals surface area contributed by atoms with Gasteiger partial charge in [-0.05, 0) is 25.2 Å². The molecule has 58 valence electrons. The molecule has 1 saturated carbocycles. The maximum Gasteiger partial charge on any atom is 0.150 e. The third-order valence-corrected chi connectivity index (χ3v) is 2.61. The Morgan fingerprint density at radius 3 is 2.80 bits per heavy atom. The van der Waals surface area contributed by atoms with Crippen molar-refractivity contribution >= 4 is 17.4 Å². The Morgan fingerprint density at radius 1 is 1.40 bits per heavy atom. The van der Waals surface area contributed by atoms with Gasteiger partial charge in [-0.1, -0.05) is 6.92 Å². The second-order valence-electron chi connectivity index (χ2n) is 3.16. The second-order valence-corrected chi connectivity index (χ2v) is 3.68. The van der Waals surface area contributed by atoms with Gasteiger partial charge in [0.15, 0.2) is 5.78 Å². The number of ketones is 1. The maximum absolute atomic E-state index is 11.0. The summed E-state index contributed by atoms with van der Waals surface area (Å²) in [7, 11) is 0. The van der Waals surface area contributed by atoms with Crippen LogP contribution in [0.3, 0.4) is 0 Å². The first-order valence-corrected chi connectivity index (χ1v) is 4.30. The predicted octanol–water partition coefficient (Wildman–Crippen LogP) is 2.37. The molecular formula is C8H13ClO. The van der Waals surface area contributed by atoms with Crippen molar-refractivity contribution < 1.29 is 4.79 Å². The Labute approximate surface area is 66.8 Å². The molecule has 2 heteroatoms. The zero-order chi connectivity index (χ0) is 7.56. The molecule has 0 N–H and O–H groups in total. The molecule has 0 heterocycles. The van der Waals surface area contributed by atoms with E-state index < -0.39 is 0 Å². The van der Waals surface area contributed by atoms with Crippen molar-refractivity contribution in [3.05, 3.63) is 0 Å². The van der Waals surface area contributed by atoms with Gasteiger partial charge in [-0.2, -0.15) is 0 Å². The van der Waals surface area contributed by atoms with E-state index in [4.69, 9.17) is 11.6 Å². The van der Waals surface area contributed by atoms with E-state index in [1.165, 1.54) is 0 Å². The first-order valence-electron chi connectivity index (χ1n) is 3.87. The molecule has 10 heavy (non-hydrogen) atoms. The molecule has 1 rings (SSSR count). The van der Waals surface area contributed by atoms with Gasteiger partial charge in [0, 0.05) is 6.42 Å². The lowest BCUT2D eigenvalue weighted by Crippen LogP contribution is -2.10. The fourth-order valence-electron chi connectivity index (χ4n) is 1.28. The van der Waals surface area contributed by atoms with E-state index in [-0.39, 0.29) is 11.2 Å².